The highest BCUT2D eigenvalue weighted by atomic mass is 16.5. The third-order valence-corrected chi connectivity index (χ3v) is 10.3. The highest BCUT2D eigenvalue weighted by molar-refractivity contribution is 5.59. The Balaban J connectivity index is 1.65. The van der Waals surface area contributed by atoms with Gasteiger partial charge in [0.25, 0.3) is 0 Å². The summed E-state index contributed by atoms with van der Waals surface area (Å²) < 4.78 is 12.4. The molecule has 0 aromatic carbocycles. The average Bonchev–Trinajstić information content (AvgIpc) is 2.78. The molecule has 2 fully saturated rings. The molecule has 0 spiro atoms. The summed E-state index contributed by atoms with van der Waals surface area (Å²) in [6.07, 6.45) is 6.79. The number of aromatic nitrogens is 1. The Hall–Kier alpha value is -2.14. The summed E-state index contributed by atoms with van der Waals surface area (Å²) in [6, 6.07) is 5.42. The van der Waals surface area contributed by atoms with Crippen LogP contribution in [0, 0.1) is 34.5 Å². The number of fused-ring (bicyclic) bond motifs is 4. The van der Waals surface area contributed by atoms with Crippen molar-refractivity contribution in [1.29, 1.82) is 0 Å². The molecule has 2 aromatic heterocycles. The molecule has 2 saturated carbocycles. The molecule has 5 nitrogen and oxygen atoms in total. The largest absolute Gasteiger partial charge is 0.486 e. The molecule has 3 unspecified atom stereocenters. The van der Waals surface area contributed by atoms with E-state index < -0.39 is 17.3 Å². The molecule has 8 atom stereocenters. The maximum absolute atomic E-state index is 13.2. The first kappa shape index (κ1) is 22.6. The molecule has 0 bridgehead atoms. The lowest BCUT2D eigenvalue weighted by molar-refractivity contribution is -0.235. The molecule has 2 aliphatic carbocycles. The fourth-order valence-electron chi connectivity index (χ4n) is 7.91. The van der Waals surface area contributed by atoms with Crippen LogP contribution in [0.5, 0.6) is 5.75 Å². The average molecular weight is 452 g/mol. The van der Waals surface area contributed by atoms with Crippen molar-refractivity contribution < 1.29 is 14.3 Å². The Morgan fingerprint density at radius 2 is 1.97 bits per heavy atom. The smallest absolute Gasteiger partial charge is 0.345 e. The van der Waals surface area contributed by atoms with Crippen LogP contribution in [0.4, 0.5) is 0 Å². The second kappa shape index (κ2) is 7.43. The summed E-state index contributed by atoms with van der Waals surface area (Å²) in [6.45, 7) is 13.9. The topological polar surface area (TPSA) is 72.6 Å². The fraction of sp³-hybridized carbons (Fsp3) is 0.643. The van der Waals surface area contributed by atoms with Gasteiger partial charge in [-0.25, -0.2) is 4.79 Å². The van der Waals surface area contributed by atoms with Gasteiger partial charge in [-0.05, 0) is 66.9 Å². The second-order valence-corrected chi connectivity index (χ2v) is 11.6. The maximum atomic E-state index is 13.2. The van der Waals surface area contributed by atoms with E-state index in [4.69, 9.17) is 9.15 Å². The van der Waals surface area contributed by atoms with Gasteiger partial charge in [-0.3, -0.25) is 4.98 Å². The minimum atomic E-state index is -0.914. The number of pyridine rings is 1. The van der Waals surface area contributed by atoms with Gasteiger partial charge in [0.2, 0.25) is 0 Å². The third kappa shape index (κ3) is 3.00. The van der Waals surface area contributed by atoms with E-state index in [0.29, 0.717) is 28.9 Å². The lowest BCUT2D eigenvalue weighted by atomic mass is 9.40. The van der Waals surface area contributed by atoms with E-state index >= 15 is 0 Å². The van der Waals surface area contributed by atoms with Crippen LogP contribution >= 0.6 is 0 Å². The van der Waals surface area contributed by atoms with E-state index in [9.17, 15) is 9.90 Å². The van der Waals surface area contributed by atoms with Gasteiger partial charge in [-0.1, -0.05) is 41.0 Å². The quantitative estimate of drug-likeness (QED) is 0.605. The molecule has 2 aromatic rings. The molecule has 33 heavy (non-hydrogen) atoms. The van der Waals surface area contributed by atoms with Crippen molar-refractivity contribution in [2.45, 2.75) is 78.9 Å². The predicted octanol–water partition coefficient (Wildman–Crippen LogP) is 6.01. The molecule has 0 saturated heterocycles. The third-order valence-electron chi connectivity index (χ3n) is 10.3. The summed E-state index contributed by atoms with van der Waals surface area (Å²) in [5.74, 6) is 2.04. The number of aliphatic hydroxyl groups is 1. The van der Waals surface area contributed by atoms with Gasteiger partial charge >= 0.3 is 5.63 Å². The number of hydrogen-bond acceptors (Lipinski definition) is 5. The van der Waals surface area contributed by atoms with Crippen LogP contribution in [-0.4, -0.2) is 15.7 Å². The number of nitrogens with zero attached hydrogens (tertiary/aromatic N) is 1. The van der Waals surface area contributed by atoms with Gasteiger partial charge in [0.1, 0.15) is 22.7 Å². The van der Waals surface area contributed by atoms with Crippen molar-refractivity contribution in [2.75, 3.05) is 0 Å². The number of hydrogen-bond donors (Lipinski definition) is 1. The molecule has 0 radical (unpaired) electrons. The van der Waals surface area contributed by atoms with Gasteiger partial charge in [-0.2, -0.15) is 0 Å². The summed E-state index contributed by atoms with van der Waals surface area (Å²) in [4.78, 5) is 17.3. The Labute approximate surface area is 196 Å². The first-order chi connectivity index (χ1) is 15.6. The lowest BCUT2D eigenvalue weighted by Crippen LogP contribution is -2.67. The van der Waals surface area contributed by atoms with Crippen LogP contribution in [0.15, 0.2) is 39.8 Å². The highest BCUT2D eigenvalue weighted by Crippen LogP contribution is 2.69. The first-order valence-electron chi connectivity index (χ1n) is 12.5. The molecule has 3 heterocycles. The molecule has 0 amide bonds. The van der Waals surface area contributed by atoms with Gasteiger partial charge in [0.15, 0.2) is 0 Å². The zero-order valence-corrected chi connectivity index (χ0v) is 20.7. The Morgan fingerprint density at radius 1 is 1.21 bits per heavy atom. The summed E-state index contributed by atoms with van der Waals surface area (Å²) in [5, 5.41) is 11.8. The van der Waals surface area contributed by atoms with Crippen molar-refractivity contribution in [3.63, 3.8) is 0 Å². The predicted molar refractivity (Wildman–Crippen MR) is 128 cm³/mol. The minimum absolute atomic E-state index is 0.121. The summed E-state index contributed by atoms with van der Waals surface area (Å²) in [7, 11) is 0. The van der Waals surface area contributed by atoms with Gasteiger partial charge < -0.3 is 14.3 Å². The monoisotopic (exact) mass is 451 g/mol. The van der Waals surface area contributed by atoms with E-state index in [1.165, 1.54) is 0 Å². The molecular formula is C28H37NO4. The van der Waals surface area contributed by atoms with Gasteiger partial charge in [0, 0.05) is 29.9 Å². The Kier molecular flexibility index (Phi) is 5.10. The molecule has 1 N–H and O–H groups in total. The van der Waals surface area contributed by atoms with Crippen molar-refractivity contribution in [3.8, 4) is 17.1 Å². The zero-order valence-electron chi connectivity index (χ0n) is 20.7. The van der Waals surface area contributed by atoms with Crippen LogP contribution in [0.25, 0.3) is 11.3 Å². The maximum Gasteiger partial charge on any atom is 0.345 e. The van der Waals surface area contributed by atoms with E-state index in [-0.39, 0.29) is 28.2 Å². The van der Waals surface area contributed by atoms with Crippen LogP contribution in [-0.2, 0) is 0 Å². The van der Waals surface area contributed by atoms with E-state index in [1.807, 2.05) is 6.07 Å². The SMILES string of the molecule is CC[C@@]1(C)C2C[C@H](C)[C@@]3(C)Oc4cc(-c5cccnc5)oc(=O)c4C(O)C3[C@@]2(C)CC[C@@H]1C. The van der Waals surface area contributed by atoms with Crippen LogP contribution in [0.3, 0.4) is 0 Å². The molecule has 3 aliphatic rings. The van der Waals surface area contributed by atoms with Crippen LogP contribution in [0.1, 0.15) is 78.9 Å². The summed E-state index contributed by atoms with van der Waals surface area (Å²) in [5.41, 5.74) is -0.00166. The summed E-state index contributed by atoms with van der Waals surface area (Å²) >= 11 is 0. The Bertz CT molecular complexity index is 1110. The lowest BCUT2D eigenvalue weighted by Gasteiger charge is -2.67. The molecule has 178 valence electrons. The standard InChI is InChI=1S/C28H37NO4/c1-7-26(4)16(2)10-11-27(5)21(26)13-17(3)28(6)24(27)23(30)22-20(33-28)14-19(32-25(22)31)18-9-8-12-29-15-18/h8-9,12,14-17,21,23-24,30H,7,10-11,13H2,1-6H3/t16-,17-,21?,23?,24?,26+,27-,28+/m0/s1. The second-order valence-electron chi connectivity index (χ2n) is 11.6. The van der Waals surface area contributed by atoms with Crippen molar-refractivity contribution >= 4 is 0 Å². The number of ether oxygens (including phenoxy) is 1. The van der Waals surface area contributed by atoms with Crippen molar-refractivity contribution in [2.24, 2.45) is 34.5 Å². The van der Waals surface area contributed by atoms with Gasteiger partial charge in [0.05, 0.1) is 6.10 Å². The first-order valence-corrected chi connectivity index (χ1v) is 12.5. The minimum Gasteiger partial charge on any atom is -0.486 e. The molecule has 1 aliphatic heterocycles. The number of rotatable bonds is 2. The van der Waals surface area contributed by atoms with Gasteiger partial charge in [-0.15, -0.1) is 0 Å². The highest BCUT2D eigenvalue weighted by Gasteiger charge is 2.67. The fourth-order valence-corrected chi connectivity index (χ4v) is 7.91. The van der Waals surface area contributed by atoms with E-state index in [1.54, 1.807) is 24.5 Å². The number of aliphatic hydroxyl groups excluding tert-OH is 1. The molecular weight excluding hydrogens is 414 g/mol. The normalized spacial score (nSPS) is 42.0. The van der Waals surface area contributed by atoms with E-state index in [0.717, 1.165) is 25.7 Å². The van der Waals surface area contributed by atoms with Crippen LogP contribution in [0.2, 0.25) is 0 Å². The molecule has 5 rings (SSSR count). The zero-order chi connectivity index (χ0) is 23.8. The van der Waals surface area contributed by atoms with E-state index in [2.05, 4.69) is 46.5 Å². The Morgan fingerprint density at radius 3 is 2.64 bits per heavy atom. The van der Waals surface area contributed by atoms with Crippen molar-refractivity contribution in [3.05, 3.63) is 46.6 Å². The van der Waals surface area contributed by atoms with Crippen LogP contribution < -0.4 is 10.4 Å². The van der Waals surface area contributed by atoms with Crippen molar-refractivity contribution in [1.82, 2.24) is 4.98 Å². The molecule has 5 heteroatoms.